The van der Waals surface area contributed by atoms with Crippen molar-refractivity contribution < 1.29 is 23.8 Å². The van der Waals surface area contributed by atoms with E-state index in [-0.39, 0.29) is 18.4 Å². The molecular formula is C22H28N2O5. The largest absolute Gasteiger partial charge is 0.492 e. The summed E-state index contributed by atoms with van der Waals surface area (Å²) < 4.78 is 16.6. The zero-order chi connectivity index (χ0) is 21.1. The molecule has 0 radical (unpaired) electrons. The third-order valence-corrected chi connectivity index (χ3v) is 3.82. The normalized spacial score (nSPS) is 10.3. The predicted octanol–water partition coefficient (Wildman–Crippen LogP) is 4.10. The van der Waals surface area contributed by atoms with Crippen LogP contribution in [0.15, 0.2) is 42.5 Å². The van der Waals surface area contributed by atoms with E-state index in [1.807, 2.05) is 26.8 Å². The van der Waals surface area contributed by atoms with Crippen LogP contribution in [-0.2, 0) is 9.53 Å². The number of amides is 2. The third-order valence-electron chi connectivity index (χ3n) is 3.82. The van der Waals surface area contributed by atoms with E-state index in [0.717, 1.165) is 6.42 Å². The number of carbonyl (C=O) groups excluding carboxylic acids is 2. The van der Waals surface area contributed by atoms with Gasteiger partial charge in [-0.05, 0) is 32.4 Å². The SMILES string of the molecule is CCCOCC(=O)Nc1cc(OCC)c(NC(=O)c2ccccc2)cc1OCC. The molecule has 0 fully saturated rings. The monoisotopic (exact) mass is 400 g/mol. The van der Waals surface area contributed by atoms with E-state index in [1.165, 1.54) is 0 Å². The molecule has 0 aliphatic heterocycles. The maximum absolute atomic E-state index is 12.6. The van der Waals surface area contributed by atoms with E-state index < -0.39 is 0 Å². The van der Waals surface area contributed by atoms with Gasteiger partial charge in [-0.2, -0.15) is 0 Å². The topological polar surface area (TPSA) is 85.9 Å². The summed E-state index contributed by atoms with van der Waals surface area (Å²) in [7, 11) is 0. The lowest BCUT2D eigenvalue weighted by molar-refractivity contribution is -0.120. The first-order valence-electron chi connectivity index (χ1n) is 9.76. The number of hydrogen-bond donors (Lipinski definition) is 2. The number of nitrogens with one attached hydrogen (secondary N) is 2. The van der Waals surface area contributed by atoms with E-state index in [4.69, 9.17) is 14.2 Å². The number of hydrogen-bond acceptors (Lipinski definition) is 5. The average Bonchev–Trinajstić information content (AvgIpc) is 2.72. The van der Waals surface area contributed by atoms with E-state index >= 15 is 0 Å². The van der Waals surface area contributed by atoms with Crippen molar-refractivity contribution in [2.24, 2.45) is 0 Å². The fourth-order valence-corrected chi connectivity index (χ4v) is 2.58. The average molecular weight is 400 g/mol. The van der Waals surface area contributed by atoms with Gasteiger partial charge in [0.2, 0.25) is 5.91 Å². The van der Waals surface area contributed by atoms with Gasteiger partial charge in [0.05, 0.1) is 24.6 Å². The molecule has 2 amide bonds. The van der Waals surface area contributed by atoms with Gasteiger partial charge in [0.1, 0.15) is 18.1 Å². The number of ether oxygens (including phenoxy) is 3. The molecule has 0 unspecified atom stereocenters. The lowest BCUT2D eigenvalue weighted by Gasteiger charge is -2.18. The summed E-state index contributed by atoms with van der Waals surface area (Å²) in [4.78, 5) is 24.7. The molecule has 7 heteroatoms. The molecule has 2 N–H and O–H groups in total. The van der Waals surface area contributed by atoms with Gasteiger partial charge in [-0.25, -0.2) is 0 Å². The molecule has 156 valence electrons. The maximum Gasteiger partial charge on any atom is 0.255 e. The van der Waals surface area contributed by atoms with Crippen LogP contribution in [0.2, 0.25) is 0 Å². The Bertz CT molecular complexity index is 808. The Morgan fingerprint density at radius 3 is 2.00 bits per heavy atom. The van der Waals surface area contributed by atoms with E-state index in [0.29, 0.717) is 48.3 Å². The molecule has 29 heavy (non-hydrogen) atoms. The summed E-state index contributed by atoms with van der Waals surface area (Å²) in [5, 5.41) is 5.64. The number of benzene rings is 2. The zero-order valence-electron chi connectivity index (χ0n) is 17.1. The van der Waals surface area contributed by atoms with Gasteiger partial charge >= 0.3 is 0 Å². The smallest absolute Gasteiger partial charge is 0.255 e. The predicted molar refractivity (Wildman–Crippen MR) is 113 cm³/mol. The van der Waals surface area contributed by atoms with Crippen molar-refractivity contribution in [3.8, 4) is 11.5 Å². The summed E-state index contributed by atoms with van der Waals surface area (Å²) in [5.41, 5.74) is 1.45. The van der Waals surface area contributed by atoms with Crippen molar-refractivity contribution in [2.45, 2.75) is 27.2 Å². The highest BCUT2D eigenvalue weighted by Crippen LogP contribution is 2.37. The number of carbonyl (C=O) groups is 2. The lowest BCUT2D eigenvalue weighted by Crippen LogP contribution is -2.19. The van der Waals surface area contributed by atoms with Crippen LogP contribution >= 0.6 is 0 Å². The fourth-order valence-electron chi connectivity index (χ4n) is 2.58. The van der Waals surface area contributed by atoms with Crippen molar-refractivity contribution in [1.82, 2.24) is 0 Å². The highest BCUT2D eigenvalue weighted by atomic mass is 16.5. The molecule has 0 bridgehead atoms. The van der Waals surface area contributed by atoms with Gasteiger partial charge in [-0.1, -0.05) is 25.1 Å². The van der Waals surface area contributed by atoms with Crippen molar-refractivity contribution in [3.63, 3.8) is 0 Å². The Labute approximate surface area is 171 Å². The summed E-state index contributed by atoms with van der Waals surface area (Å²) in [5.74, 6) is 0.315. The zero-order valence-corrected chi connectivity index (χ0v) is 17.1. The Kier molecular flexibility index (Phi) is 8.98. The lowest BCUT2D eigenvalue weighted by atomic mass is 10.2. The van der Waals surface area contributed by atoms with Crippen LogP contribution in [0.4, 0.5) is 11.4 Å². The highest BCUT2D eigenvalue weighted by molar-refractivity contribution is 6.05. The fraction of sp³-hybridized carbons (Fsp3) is 0.364. The first-order valence-corrected chi connectivity index (χ1v) is 9.76. The molecule has 0 saturated heterocycles. The van der Waals surface area contributed by atoms with E-state index in [1.54, 1.807) is 36.4 Å². The molecule has 0 heterocycles. The minimum atomic E-state index is -0.289. The summed E-state index contributed by atoms with van der Waals surface area (Å²) in [6, 6.07) is 12.2. The van der Waals surface area contributed by atoms with Crippen LogP contribution < -0.4 is 20.1 Å². The van der Waals surface area contributed by atoms with Gasteiger partial charge in [0.15, 0.2) is 0 Å². The highest BCUT2D eigenvalue weighted by Gasteiger charge is 2.17. The summed E-state index contributed by atoms with van der Waals surface area (Å²) in [6.07, 6.45) is 0.835. The summed E-state index contributed by atoms with van der Waals surface area (Å²) in [6.45, 7) is 6.92. The Morgan fingerprint density at radius 2 is 1.45 bits per heavy atom. The van der Waals surface area contributed by atoms with E-state index in [2.05, 4.69) is 10.6 Å². The van der Waals surface area contributed by atoms with Crippen molar-refractivity contribution in [2.75, 3.05) is 37.1 Å². The standard InChI is InChI=1S/C22H28N2O5/c1-4-12-27-15-21(25)23-17-13-20(29-6-3)18(14-19(17)28-5-2)24-22(26)16-10-8-7-9-11-16/h7-11,13-14H,4-6,12,15H2,1-3H3,(H,23,25)(H,24,26). The Morgan fingerprint density at radius 1 is 0.862 bits per heavy atom. The van der Waals surface area contributed by atoms with Crippen LogP contribution in [0.1, 0.15) is 37.6 Å². The molecule has 2 aromatic rings. The molecule has 2 aromatic carbocycles. The second-order valence-electron chi connectivity index (χ2n) is 6.13. The van der Waals surface area contributed by atoms with Gasteiger partial charge in [0.25, 0.3) is 5.91 Å². The van der Waals surface area contributed by atoms with Crippen molar-refractivity contribution in [1.29, 1.82) is 0 Å². The molecule has 7 nitrogen and oxygen atoms in total. The van der Waals surface area contributed by atoms with Crippen LogP contribution in [0.3, 0.4) is 0 Å². The minimum Gasteiger partial charge on any atom is -0.492 e. The van der Waals surface area contributed by atoms with Crippen molar-refractivity contribution >= 4 is 23.2 Å². The molecule has 0 aromatic heterocycles. The molecule has 0 aliphatic rings. The second-order valence-corrected chi connectivity index (χ2v) is 6.13. The Balaban J connectivity index is 2.27. The molecule has 0 saturated carbocycles. The van der Waals surface area contributed by atoms with Crippen LogP contribution in [0, 0.1) is 0 Å². The van der Waals surface area contributed by atoms with Gasteiger partial charge in [-0.15, -0.1) is 0 Å². The van der Waals surface area contributed by atoms with Gasteiger partial charge < -0.3 is 24.8 Å². The minimum absolute atomic E-state index is 0.0458. The van der Waals surface area contributed by atoms with Crippen LogP contribution in [0.5, 0.6) is 11.5 Å². The van der Waals surface area contributed by atoms with Crippen molar-refractivity contribution in [3.05, 3.63) is 48.0 Å². The molecular weight excluding hydrogens is 372 g/mol. The number of rotatable bonds is 11. The second kappa shape index (κ2) is 11.7. The first kappa shape index (κ1) is 22.2. The third kappa shape index (κ3) is 6.80. The first-order chi connectivity index (χ1) is 14.1. The molecule has 0 atom stereocenters. The molecule has 2 rings (SSSR count). The van der Waals surface area contributed by atoms with E-state index in [9.17, 15) is 9.59 Å². The van der Waals surface area contributed by atoms with Crippen LogP contribution in [-0.4, -0.2) is 38.2 Å². The maximum atomic E-state index is 12.6. The van der Waals surface area contributed by atoms with Gasteiger partial charge in [-0.3, -0.25) is 9.59 Å². The van der Waals surface area contributed by atoms with Gasteiger partial charge in [0, 0.05) is 24.3 Å². The summed E-state index contributed by atoms with van der Waals surface area (Å²) >= 11 is 0. The Hall–Kier alpha value is -3.06. The van der Waals surface area contributed by atoms with Crippen LogP contribution in [0.25, 0.3) is 0 Å². The number of anilines is 2. The molecule has 0 spiro atoms. The quantitative estimate of drug-likeness (QED) is 0.555. The molecule has 0 aliphatic carbocycles.